The third kappa shape index (κ3) is 5.32. The third-order valence-electron chi connectivity index (χ3n) is 6.11. The number of ketones is 1. The van der Waals surface area contributed by atoms with E-state index in [0.29, 0.717) is 0 Å². The molecule has 0 atom stereocenters. The zero-order valence-electron chi connectivity index (χ0n) is 20.7. The van der Waals surface area contributed by atoms with Crippen LogP contribution in [0.2, 0.25) is 0 Å². The quantitative estimate of drug-likeness (QED) is 0.132. The van der Waals surface area contributed by atoms with E-state index < -0.39 is 62.9 Å². The molecule has 11 nitrogen and oxygen atoms in total. The highest BCUT2D eigenvalue weighted by Gasteiger charge is 2.32. The lowest BCUT2D eigenvalue weighted by atomic mass is 9.77. The fourth-order valence-electron chi connectivity index (χ4n) is 3.81. The SMILES string of the molecule is CC(C)(c1ccc(O)c(O)c1O)c1ccc(O)c(O)c1O.O=C(c1ccc(O)cc1)c1ccc(O)c(O)c1O. The number of phenolic OH excluding ortho intramolecular Hbond substituents is 10. The maximum absolute atomic E-state index is 12.0. The van der Waals surface area contributed by atoms with Crippen LogP contribution in [0.5, 0.6) is 57.5 Å². The summed E-state index contributed by atoms with van der Waals surface area (Å²) in [6, 6.07) is 13.0. The number of hydrogen-bond acceptors (Lipinski definition) is 11. The molecule has 0 unspecified atom stereocenters. The average molecular weight is 539 g/mol. The van der Waals surface area contributed by atoms with Gasteiger partial charge in [0.1, 0.15) is 5.75 Å². The van der Waals surface area contributed by atoms with Gasteiger partial charge in [0.25, 0.3) is 0 Å². The fourth-order valence-corrected chi connectivity index (χ4v) is 3.81. The van der Waals surface area contributed by atoms with Gasteiger partial charge >= 0.3 is 0 Å². The predicted molar refractivity (Wildman–Crippen MR) is 138 cm³/mol. The van der Waals surface area contributed by atoms with E-state index in [1.165, 1.54) is 54.6 Å². The minimum absolute atomic E-state index is 0.0179. The first-order valence-corrected chi connectivity index (χ1v) is 11.2. The summed E-state index contributed by atoms with van der Waals surface area (Å²) in [5.74, 6) is -5.73. The number of carbonyl (C=O) groups excluding carboxylic acids is 1. The van der Waals surface area contributed by atoms with Crippen molar-refractivity contribution in [1.82, 2.24) is 0 Å². The fraction of sp³-hybridized carbons (Fsp3) is 0.107. The van der Waals surface area contributed by atoms with Gasteiger partial charge in [0.2, 0.25) is 17.2 Å². The zero-order valence-corrected chi connectivity index (χ0v) is 20.7. The normalized spacial score (nSPS) is 10.9. The molecule has 0 amide bonds. The molecule has 0 aliphatic rings. The lowest BCUT2D eigenvalue weighted by Gasteiger charge is -2.28. The summed E-state index contributed by atoms with van der Waals surface area (Å²) in [4.78, 5) is 12.0. The van der Waals surface area contributed by atoms with Crippen LogP contribution in [0.15, 0.2) is 60.7 Å². The van der Waals surface area contributed by atoms with Gasteiger partial charge in [-0.2, -0.15) is 0 Å². The number of hydrogen-bond donors (Lipinski definition) is 10. The van der Waals surface area contributed by atoms with Gasteiger partial charge in [-0.15, -0.1) is 0 Å². The first-order valence-electron chi connectivity index (χ1n) is 11.2. The van der Waals surface area contributed by atoms with Crippen LogP contribution >= 0.6 is 0 Å². The van der Waals surface area contributed by atoms with Crippen molar-refractivity contribution in [3.8, 4) is 57.5 Å². The Bertz CT molecular complexity index is 1480. The van der Waals surface area contributed by atoms with Crippen molar-refractivity contribution in [3.63, 3.8) is 0 Å². The molecule has 0 saturated carbocycles. The van der Waals surface area contributed by atoms with Crippen LogP contribution in [-0.2, 0) is 5.41 Å². The topological polar surface area (TPSA) is 219 Å². The second-order valence-electron chi connectivity index (χ2n) is 8.99. The van der Waals surface area contributed by atoms with Gasteiger partial charge in [0.15, 0.2) is 40.3 Å². The molecule has 4 aromatic carbocycles. The smallest absolute Gasteiger partial charge is 0.201 e. The van der Waals surface area contributed by atoms with E-state index in [9.17, 15) is 45.6 Å². The van der Waals surface area contributed by atoms with Crippen molar-refractivity contribution in [3.05, 3.63) is 82.9 Å². The molecule has 0 aliphatic carbocycles. The predicted octanol–water partition coefficient (Wildman–Crippen LogP) is 3.99. The molecule has 0 fully saturated rings. The summed E-state index contributed by atoms with van der Waals surface area (Å²) in [5, 5.41) is 95.1. The highest BCUT2D eigenvalue weighted by atomic mass is 16.3. The molecule has 11 heteroatoms. The Kier molecular flexibility index (Phi) is 7.57. The van der Waals surface area contributed by atoms with Gasteiger partial charge in [0, 0.05) is 22.1 Å². The Morgan fingerprint density at radius 1 is 0.487 bits per heavy atom. The van der Waals surface area contributed by atoms with Crippen LogP contribution < -0.4 is 0 Å². The minimum Gasteiger partial charge on any atom is -0.508 e. The molecule has 0 bridgehead atoms. The first kappa shape index (κ1) is 28.1. The Morgan fingerprint density at radius 3 is 1.31 bits per heavy atom. The second kappa shape index (κ2) is 10.5. The molecule has 0 spiro atoms. The summed E-state index contributed by atoms with van der Waals surface area (Å²) in [6.07, 6.45) is 0. The highest BCUT2D eigenvalue weighted by Crippen LogP contribution is 2.49. The van der Waals surface area contributed by atoms with Gasteiger partial charge in [-0.3, -0.25) is 4.79 Å². The van der Waals surface area contributed by atoms with Crippen molar-refractivity contribution >= 4 is 5.78 Å². The molecule has 39 heavy (non-hydrogen) atoms. The van der Waals surface area contributed by atoms with Gasteiger partial charge in [-0.25, -0.2) is 0 Å². The Hall–Kier alpha value is -5.45. The maximum atomic E-state index is 12.0. The zero-order chi connectivity index (χ0) is 29.2. The van der Waals surface area contributed by atoms with Gasteiger partial charge < -0.3 is 51.1 Å². The van der Waals surface area contributed by atoms with Crippen LogP contribution in [-0.4, -0.2) is 56.8 Å². The molecule has 0 aliphatic heterocycles. The lowest BCUT2D eigenvalue weighted by molar-refractivity contribution is 0.103. The third-order valence-corrected chi connectivity index (χ3v) is 6.11. The van der Waals surface area contributed by atoms with Crippen molar-refractivity contribution in [2.45, 2.75) is 19.3 Å². The number of phenols is 10. The second-order valence-corrected chi connectivity index (χ2v) is 8.99. The van der Waals surface area contributed by atoms with Gasteiger partial charge in [0.05, 0.1) is 5.56 Å². The van der Waals surface area contributed by atoms with E-state index in [0.717, 1.165) is 6.07 Å². The molecular weight excluding hydrogens is 512 g/mol. The van der Waals surface area contributed by atoms with Crippen molar-refractivity contribution in [2.75, 3.05) is 0 Å². The molecule has 4 rings (SSSR count). The average Bonchev–Trinajstić information content (AvgIpc) is 2.89. The van der Waals surface area contributed by atoms with Crippen LogP contribution in [0, 0.1) is 0 Å². The highest BCUT2D eigenvalue weighted by molar-refractivity contribution is 6.11. The van der Waals surface area contributed by atoms with Gasteiger partial charge in [-0.05, 0) is 48.5 Å². The standard InChI is InChI=1S/C15H16O6.C13H10O5/c1-15(2,7-3-5-9(16)13(20)11(7)18)8-4-6-10(17)14(21)12(8)19;14-8-3-1-7(2-4-8)11(16)9-5-6-10(15)13(18)12(9)17/h3-6,16-21H,1-2H3;1-6,14-15,17-18H. The molecule has 0 aromatic heterocycles. The number of aromatic hydroxyl groups is 10. The monoisotopic (exact) mass is 538 g/mol. The van der Waals surface area contributed by atoms with Crippen LogP contribution in [0.25, 0.3) is 0 Å². The van der Waals surface area contributed by atoms with Crippen LogP contribution in [0.3, 0.4) is 0 Å². The van der Waals surface area contributed by atoms with E-state index in [1.54, 1.807) is 13.8 Å². The Labute approximate surface area is 221 Å². The summed E-state index contributed by atoms with van der Waals surface area (Å²) in [6.45, 7) is 3.29. The first-order chi connectivity index (χ1) is 18.2. The molecule has 0 saturated heterocycles. The van der Waals surface area contributed by atoms with E-state index in [2.05, 4.69) is 0 Å². The van der Waals surface area contributed by atoms with Crippen LogP contribution in [0.1, 0.15) is 40.9 Å². The van der Waals surface area contributed by atoms with E-state index in [1.807, 2.05) is 0 Å². The van der Waals surface area contributed by atoms with E-state index in [4.69, 9.17) is 10.2 Å². The number of carbonyl (C=O) groups is 1. The lowest BCUT2D eigenvalue weighted by Crippen LogP contribution is -2.19. The number of benzene rings is 4. The molecule has 204 valence electrons. The van der Waals surface area contributed by atoms with E-state index >= 15 is 0 Å². The Balaban J connectivity index is 0.000000218. The molecule has 0 radical (unpaired) electrons. The Morgan fingerprint density at radius 2 is 0.872 bits per heavy atom. The molecule has 0 heterocycles. The largest absolute Gasteiger partial charge is 0.508 e. The summed E-state index contributed by atoms with van der Waals surface area (Å²) in [7, 11) is 0. The molecule has 4 aromatic rings. The van der Waals surface area contributed by atoms with Crippen molar-refractivity contribution < 1.29 is 55.9 Å². The summed E-state index contributed by atoms with van der Waals surface area (Å²) >= 11 is 0. The maximum Gasteiger partial charge on any atom is 0.201 e. The molecule has 10 N–H and O–H groups in total. The van der Waals surface area contributed by atoms with Crippen molar-refractivity contribution in [2.24, 2.45) is 0 Å². The van der Waals surface area contributed by atoms with Crippen LogP contribution in [0.4, 0.5) is 0 Å². The number of rotatable bonds is 4. The molecular formula is C28H26O11. The summed E-state index contributed by atoms with van der Waals surface area (Å²) < 4.78 is 0. The minimum atomic E-state index is -1.01. The van der Waals surface area contributed by atoms with Gasteiger partial charge in [-0.1, -0.05) is 26.0 Å². The van der Waals surface area contributed by atoms with E-state index in [-0.39, 0.29) is 28.0 Å². The summed E-state index contributed by atoms with van der Waals surface area (Å²) in [5.41, 5.74) is -0.426. The van der Waals surface area contributed by atoms with Crippen molar-refractivity contribution in [1.29, 1.82) is 0 Å².